The van der Waals surface area contributed by atoms with Gasteiger partial charge in [0.2, 0.25) is 12.1 Å². The van der Waals surface area contributed by atoms with Crippen LogP contribution in [0.25, 0.3) is 0 Å². The number of rotatable bonds is 9. The van der Waals surface area contributed by atoms with Gasteiger partial charge in [0.15, 0.2) is 15.7 Å². The van der Waals surface area contributed by atoms with Gasteiger partial charge >= 0.3 is 0 Å². The lowest BCUT2D eigenvalue weighted by Crippen LogP contribution is -2.36. The first-order valence-electron chi connectivity index (χ1n) is 8.85. The summed E-state index contributed by atoms with van der Waals surface area (Å²) in [5.41, 5.74) is 0.563. The summed E-state index contributed by atoms with van der Waals surface area (Å²) in [5.74, 6) is -0.919. The van der Waals surface area contributed by atoms with Crippen LogP contribution in [0.2, 0.25) is 0 Å². The summed E-state index contributed by atoms with van der Waals surface area (Å²) in [4.78, 5) is 28.5. The van der Waals surface area contributed by atoms with Crippen LogP contribution in [-0.2, 0) is 31.2 Å². The van der Waals surface area contributed by atoms with Crippen molar-refractivity contribution in [2.24, 2.45) is 18.9 Å². The van der Waals surface area contributed by atoms with Gasteiger partial charge in [-0.2, -0.15) is 0 Å². The van der Waals surface area contributed by atoms with Gasteiger partial charge in [0.25, 0.3) is 0 Å². The number of carbonyl (C=O) groups is 2. The minimum atomic E-state index is -3.67. The van der Waals surface area contributed by atoms with Crippen molar-refractivity contribution in [1.29, 1.82) is 0 Å². The molecule has 2 atom stereocenters. The van der Waals surface area contributed by atoms with Crippen LogP contribution in [0.15, 0.2) is 6.20 Å². The predicted octanol–water partition coefficient (Wildman–Crippen LogP) is 1.07. The third kappa shape index (κ3) is 3.74. The molecule has 0 aromatic carbocycles. The van der Waals surface area contributed by atoms with Crippen LogP contribution in [0.5, 0.6) is 0 Å². The van der Waals surface area contributed by atoms with Gasteiger partial charge in [-0.1, -0.05) is 6.92 Å². The summed E-state index contributed by atoms with van der Waals surface area (Å²) in [6.45, 7) is 2.41. The lowest BCUT2D eigenvalue weighted by atomic mass is 9.97. The predicted molar refractivity (Wildman–Crippen MR) is 92.3 cm³/mol. The Hall–Kier alpha value is -1.58. The van der Waals surface area contributed by atoms with Gasteiger partial charge in [-0.25, -0.2) is 13.4 Å². The number of Topliss-reactive ketones (excluding diaryl/α,β-unsaturated/α-hetero) is 1. The maximum absolute atomic E-state index is 13.0. The highest BCUT2D eigenvalue weighted by Crippen LogP contribution is 2.39. The molecule has 1 saturated heterocycles. The Bertz CT molecular complexity index is 777. The largest absolute Gasteiger partial charge is 0.345 e. The number of carbonyl (C=O) groups excluding carboxylic acids is 2. The van der Waals surface area contributed by atoms with Gasteiger partial charge in [-0.05, 0) is 25.2 Å². The fraction of sp³-hybridized carbons (Fsp3) is 0.706. The van der Waals surface area contributed by atoms with Crippen molar-refractivity contribution < 1.29 is 27.5 Å². The quantitative estimate of drug-likeness (QED) is 0.463. The maximum Gasteiger partial charge on any atom is 0.216 e. The van der Waals surface area contributed by atoms with Crippen molar-refractivity contribution in [3.63, 3.8) is 0 Å². The highest BCUT2D eigenvalue weighted by molar-refractivity contribution is 7.92. The average molecular weight is 384 g/mol. The number of aldehydes is 1. The minimum Gasteiger partial charge on any atom is -0.345 e. The number of sulfone groups is 1. The Balaban J connectivity index is 1.88. The molecule has 2 aliphatic rings. The van der Waals surface area contributed by atoms with Crippen LogP contribution in [0, 0.1) is 11.8 Å². The molecule has 0 amide bonds. The third-order valence-electron chi connectivity index (χ3n) is 5.12. The maximum atomic E-state index is 13.0. The molecule has 0 spiro atoms. The van der Waals surface area contributed by atoms with Gasteiger partial charge in [-0.15, -0.1) is 0 Å². The van der Waals surface area contributed by atoms with E-state index < -0.39 is 33.1 Å². The molecule has 8 nitrogen and oxygen atoms in total. The molecule has 1 saturated carbocycles. The molecule has 9 heteroatoms. The summed E-state index contributed by atoms with van der Waals surface area (Å²) in [6.07, 6.45) is 3.47. The molecule has 3 rings (SSSR count). The Labute approximate surface area is 152 Å². The molecule has 2 heterocycles. The molecule has 0 radical (unpaired) electrons. The average Bonchev–Trinajstić information content (AvgIpc) is 3.17. The van der Waals surface area contributed by atoms with Gasteiger partial charge < -0.3 is 18.8 Å². The normalized spacial score (nSPS) is 20.8. The first-order chi connectivity index (χ1) is 12.4. The number of ether oxygens (including phenoxy) is 2. The highest BCUT2D eigenvalue weighted by Gasteiger charge is 2.41. The van der Waals surface area contributed by atoms with Gasteiger partial charge in [0, 0.05) is 18.7 Å². The summed E-state index contributed by atoms with van der Waals surface area (Å²) < 4.78 is 37.5. The molecule has 144 valence electrons. The molecule has 0 N–H and O–H groups in total. The molecular formula is C17H24N2O6S. The van der Waals surface area contributed by atoms with E-state index >= 15 is 0 Å². The zero-order chi connectivity index (χ0) is 18.9. The van der Waals surface area contributed by atoms with E-state index in [0.29, 0.717) is 18.9 Å². The van der Waals surface area contributed by atoms with Crippen LogP contribution >= 0.6 is 0 Å². The lowest BCUT2D eigenvalue weighted by molar-refractivity contribution is -0.111. The van der Waals surface area contributed by atoms with Crippen molar-refractivity contribution in [1.82, 2.24) is 9.55 Å². The molecule has 0 bridgehead atoms. The third-order valence-corrected chi connectivity index (χ3v) is 7.20. The Morgan fingerprint density at radius 3 is 2.58 bits per heavy atom. The van der Waals surface area contributed by atoms with Crippen molar-refractivity contribution in [3.05, 3.63) is 17.7 Å². The van der Waals surface area contributed by atoms with Crippen molar-refractivity contribution in [3.8, 4) is 0 Å². The smallest absolute Gasteiger partial charge is 0.216 e. The number of aromatic nitrogens is 2. The fourth-order valence-corrected chi connectivity index (χ4v) is 4.64. The first kappa shape index (κ1) is 19.2. The molecule has 1 aromatic heterocycles. The van der Waals surface area contributed by atoms with E-state index in [-0.39, 0.29) is 23.9 Å². The van der Waals surface area contributed by atoms with Crippen LogP contribution in [-0.4, -0.2) is 54.3 Å². The van der Waals surface area contributed by atoms with Crippen molar-refractivity contribution >= 4 is 21.9 Å². The van der Waals surface area contributed by atoms with Crippen LogP contribution in [0.1, 0.15) is 48.8 Å². The van der Waals surface area contributed by atoms with E-state index in [0.717, 1.165) is 19.1 Å². The van der Waals surface area contributed by atoms with Crippen LogP contribution in [0.3, 0.4) is 0 Å². The first-order valence-corrected chi connectivity index (χ1v) is 10.6. The molecule has 2 fully saturated rings. The number of hydrogen-bond donors (Lipinski definition) is 0. The lowest BCUT2D eigenvalue weighted by Gasteiger charge is -2.19. The van der Waals surface area contributed by atoms with E-state index in [9.17, 15) is 18.0 Å². The fourth-order valence-electron chi connectivity index (χ4n) is 3.29. The summed E-state index contributed by atoms with van der Waals surface area (Å²) in [5, 5.41) is -1.26. The minimum absolute atomic E-state index is 0.0157. The Morgan fingerprint density at radius 2 is 2.04 bits per heavy atom. The monoisotopic (exact) mass is 384 g/mol. The molecule has 1 aliphatic heterocycles. The van der Waals surface area contributed by atoms with E-state index in [1.165, 1.54) is 17.7 Å². The van der Waals surface area contributed by atoms with Crippen molar-refractivity contribution in [2.45, 2.75) is 37.7 Å². The zero-order valence-electron chi connectivity index (χ0n) is 15.0. The number of nitrogens with zero attached hydrogens (tertiary/aromatic N) is 2. The van der Waals surface area contributed by atoms with Crippen LogP contribution < -0.4 is 0 Å². The molecule has 1 aliphatic carbocycles. The number of ketones is 1. The second kappa shape index (κ2) is 7.58. The van der Waals surface area contributed by atoms with Crippen LogP contribution in [0.4, 0.5) is 0 Å². The molecule has 2 unspecified atom stereocenters. The second-order valence-corrected chi connectivity index (χ2v) is 9.29. The van der Waals surface area contributed by atoms with Gasteiger partial charge in [0.05, 0.1) is 25.1 Å². The van der Waals surface area contributed by atoms with E-state index in [2.05, 4.69) is 4.98 Å². The Kier molecular flexibility index (Phi) is 5.59. The summed E-state index contributed by atoms with van der Waals surface area (Å²) in [7, 11) is -2.04. The van der Waals surface area contributed by atoms with E-state index in [1.807, 2.05) is 0 Å². The molecule has 1 aromatic rings. The Morgan fingerprint density at radius 1 is 1.38 bits per heavy atom. The van der Waals surface area contributed by atoms with E-state index in [4.69, 9.17) is 9.47 Å². The number of hydrogen-bond acceptors (Lipinski definition) is 7. The zero-order valence-corrected chi connectivity index (χ0v) is 15.8. The summed E-state index contributed by atoms with van der Waals surface area (Å²) >= 11 is 0. The van der Waals surface area contributed by atoms with Crippen molar-refractivity contribution in [2.75, 3.05) is 19.0 Å². The SMILES string of the molecule is CCS(=O)(=O)C(CC(C=O)C1CC1)C(=O)c1ncc(C2OCCO2)n1C. The summed E-state index contributed by atoms with van der Waals surface area (Å²) in [6, 6.07) is 0. The molecule has 26 heavy (non-hydrogen) atoms. The topological polar surface area (TPSA) is 105 Å². The second-order valence-electron chi connectivity index (χ2n) is 6.82. The van der Waals surface area contributed by atoms with Gasteiger partial charge in [0.1, 0.15) is 11.5 Å². The van der Waals surface area contributed by atoms with Gasteiger partial charge in [-0.3, -0.25) is 4.79 Å². The highest BCUT2D eigenvalue weighted by atomic mass is 32.2. The standard InChI is InChI=1S/C17H24N2O6S/c1-3-26(22,23)14(8-12(10-20)11-4-5-11)15(21)16-18-9-13(19(16)2)17-24-6-7-25-17/h9-12,14,17H,3-8H2,1-2H3. The molecular weight excluding hydrogens is 360 g/mol. The number of imidazole rings is 1. The van der Waals surface area contributed by atoms with E-state index in [1.54, 1.807) is 7.05 Å².